The molecule has 6 heteroatoms. The fourth-order valence-electron chi connectivity index (χ4n) is 3.68. The predicted molar refractivity (Wildman–Crippen MR) is 96.5 cm³/mol. The second-order valence-corrected chi connectivity index (χ2v) is 6.26. The monoisotopic (exact) mass is 408 g/mol. The number of nitrogens with one attached hydrogen (secondary N) is 2. The van der Waals surface area contributed by atoms with E-state index in [4.69, 9.17) is 4.74 Å². The lowest BCUT2D eigenvalue weighted by molar-refractivity contribution is 0.0992. The van der Waals surface area contributed by atoms with Gasteiger partial charge in [0.05, 0.1) is 18.2 Å². The second-order valence-electron chi connectivity index (χ2n) is 6.26. The molecule has 3 aliphatic heterocycles. The summed E-state index contributed by atoms with van der Waals surface area (Å²) in [5, 5.41) is 6.96. The van der Waals surface area contributed by atoms with E-state index in [-0.39, 0.29) is 24.0 Å². The maximum atomic E-state index is 5.87. The van der Waals surface area contributed by atoms with Crippen LogP contribution in [-0.4, -0.2) is 62.3 Å². The molecule has 3 aliphatic rings. The molecular weight excluding hydrogens is 379 g/mol. The van der Waals surface area contributed by atoms with Gasteiger partial charge in [-0.2, -0.15) is 0 Å². The molecule has 3 rings (SSSR count). The minimum Gasteiger partial charge on any atom is -0.373 e. The molecule has 0 aromatic rings. The molecule has 3 fully saturated rings. The van der Waals surface area contributed by atoms with Gasteiger partial charge in [0.25, 0.3) is 0 Å². The van der Waals surface area contributed by atoms with Gasteiger partial charge in [-0.25, -0.2) is 0 Å². The standard InChI is InChI=1S/C15H28N4O.HI/c1-16-15(17-7-4-10-19-8-2-3-9-19)18-13-11-12-5-6-14(13)20-12;/h12-14H,2-11H2,1H3,(H2,16,17,18);1H. The molecule has 2 bridgehead atoms. The highest BCUT2D eigenvalue weighted by Gasteiger charge is 2.41. The molecular formula is C15H29IN4O. The van der Waals surface area contributed by atoms with E-state index in [0.29, 0.717) is 18.2 Å². The number of ether oxygens (including phenoxy) is 1. The van der Waals surface area contributed by atoms with Crippen LogP contribution < -0.4 is 10.6 Å². The summed E-state index contributed by atoms with van der Waals surface area (Å²) >= 11 is 0. The number of hydrogen-bond donors (Lipinski definition) is 2. The van der Waals surface area contributed by atoms with Crippen molar-refractivity contribution >= 4 is 29.9 Å². The van der Waals surface area contributed by atoms with Crippen molar-refractivity contribution in [2.24, 2.45) is 4.99 Å². The van der Waals surface area contributed by atoms with Crippen molar-refractivity contribution in [1.82, 2.24) is 15.5 Å². The lowest BCUT2D eigenvalue weighted by Crippen LogP contribution is -2.47. The number of aliphatic imine (C=N–C) groups is 1. The molecule has 21 heavy (non-hydrogen) atoms. The SMILES string of the molecule is CN=C(NCCCN1CCCC1)NC1CC2CCC1O2.I. The number of guanidine groups is 1. The van der Waals surface area contributed by atoms with Gasteiger partial charge in [0, 0.05) is 13.6 Å². The Labute approximate surface area is 145 Å². The third-order valence-corrected chi connectivity index (χ3v) is 4.79. The van der Waals surface area contributed by atoms with Gasteiger partial charge in [0.2, 0.25) is 0 Å². The first kappa shape index (κ1) is 17.3. The van der Waals surface area contributed by atoms with E-state index in [1.807, 2.05) is 7.05 Å². The van der Waals surface area contributed by atoms with E-state index in [1.165, 1.54) is 51.7 Å². The van der Waals surface area contributed by atoms with Crippen molar-refractivity contribution in [3.8, 4) is 0 Å². The van der Waals surface area contributed by atoms with Crippen LogP contribution in [0, 0.1) is 0 Å². The minimum absolute atomic E-state index is 0. The van der Waals surface area contributed by atoms with Crippen LogP contribution in [0.5, 0.6) is 0 Å². The average Bonchev–Trinajstić information content (AvgIpc) is 3.19. The topological polar surface area (TPSA) is 48.9 Å². The van der Waals surface area contributed by atoms with Gasteiger partial charge in [0.1, 0.15) is 0 Å². The van der Waals surface area contributed by atoms with Crippen molar-refractivity contribution < 1.29 is 4.74 Å². The maximum Gasteiger partial charge on any atom is 0.191 e. The van der Waals surface area contributed by atoms with Gasteiger partial charge in [-0.15, -0.1) is 24.0 Å². The predicted octanol–water partition coefficient (Wildman–Crippen LogP) is 1.58. The summed E-state index contributed by atoms with van der Waals surface area (Å²) in [6.45, 7) is 4.78. The Bertz CT molecular complexity index is 347. The number of halogens is 1. The first-order valence-corrected chi connectivity index (χ1v) is 8.20. The Morgan fingerprint density at radius 1 is 1.29 bits per heavy atom. The molecule has 0 aromatic heterocycles. The molecule has 3 unspecified atom stereocenters. The third kappa shape index (κ3) is 4.69. The smallest absolute Gasteiger partial charge is 0.191 e. The Morgan fingerprint density at radius 2 is 2.10 bits per heavy atom. The van der Waals surface area contributed by atoms with Gasteiger partial charge in [0.15, 0.2) is 5.96 Å². The van der Waals surface area contributed by atoms with Crippen LogP contribution in [0.3, 0.4) is 0 Å². The third-order valence-electron chi connectivity index (χ3n) is 4.79. The molecule has 3 atom stereocenters. The molecule has 0 aliphatic carbocycles. The molecule has 0 saturated carbocycles. The molecule has 5 nitrogen and oxygen atoms in total. The number of rotatable bonds is 5. The number of likely N-dealkylation sites (tertiary alicyclic amines) is 1. The van der Waals surface area contributed by atoms with Gasteiger partial charge in [-0.1, -0.05) is 0 Å². The summed E-state index contributed by atoms with van der Waals surface area (Å²) in [5.41, 5.74) is 0. The Morgan fingerprint density at radius 3 is 2.71 bits per heavy atom. The summed E-state index contributed by atoms with van der Waals surface area (Å²) in [4.78, 5) is 6.89. The van der Waals surface area contributed by atoms with E-state index in [0.717, 1.165) is 18.9 Å². The summed E-state index contributed by atoms with van der Waals surface area (Å²) in [6, 6.07) is 0.457. The first-order chi connectivity index (χ1) is 9.85. The number of fused-ring (bicyclic) bond motifs is 2. The van der Waals surface area contributed by atoms with E-state index in [2.05, 4.69) is 20.5 Å². The van der Waals surface area contributed by atoms with Crippen molar-refractivity contribution in [3.63, 3.8) is 0 Å². The quantitative estimate of drug-likeness (QED) is 0.314. The van der Waals surface area contributed by atoms with Crippen LogP contribution in [-0.2, 0) is 4.74 Å². The minimum atomic E-state index is 0. The van der Waals surface area contributed by atoms with Crippen LogP contribution in [0.1, 0.15) is 38.5 Å². The molecule has 0 radical (unpaired) electrons. The first-order valence-electron chi connectivity index (χ1n) is 8.20. The zero-order valence-corrected chi connectivity index (χ0v) is 15.3. The highest BCUT2D eigenvalue weighted by molar-refractivity contribution is 14.0. The van der Waals surface area contributed by atoms with Gasteiger partial charge >= 0.3 is 0 Å². The molecule has 3 heterocycles. The average molecular weight is 408 g/mol. The lowest BCUT2D eigenvalue weighted by atomic mass is 9.96. The van der Waals surface area contributed by atoms with Gasteiger partial charge < -0.3 is 20.3 Å². The van der Waals surface area contributed by atoms with Crippen LogP contribution in [0.25, 0.3) is 0 Å². The summed E-state index contributed by atoms with van der Waals surface area (Å²) in [7, 11) is 1.85. The summed E-state index contributed by atoms with van der Waals surface area (Å²) < 4.78 is 5.87. The fourth-order valence-corrected chi connectivity index (χ4v) is 3.68. The zero-order valence-electron chi connectivity index (χ0n) is 13.0. The highest BCUT2D eigenvalue weighted by atomic mass is 127. The van der Waals surface area contributed by atoms with Crippen molar-refractivity contribution in [3.05, 3.63) is 0 Å². The second kappa shape index (κ2) is 8.53. The molecule has 2 N–H and O–H groups in total. The van der Waals surface area contributed by atoms with E-state index < -0.39 is 0 Å². The molecule has 122 valence electrons. The van der Waals surface area contributed by atoms with Crippen LogP contribution in [0.4, 0.5) is 0 Å². The van der Waals surface area contributed by atoms with Crippen molar-refractivity contribution in [2.75, 3.05) is 33.2 Å². The van der Waals surface area contributed by atoms with E-state index >= 15 is 0 Å². The van der Waals surface area contributed by atoms with Crippen LogP contribution in [0.15, 0.2) is 4.99 Å². The molecule has 0 amide bonds. The normalized spacial score (nSPS) is 32.2. The number of nitrogens with zero attached hydrogens (tertiary/aromatic N) is 2. The Kier molecular flexibility index (Phi) is 7.01. The van der Waals surface area contributed by atoms with Gasteiger partial charge in [-0.05, 0) is 58.2 Å². The Hall–Kier alpha value is -0.0800. The van der Waals surface area contributed by atoms with Crippen LogP contribution in [0.2, 0.25) is 0 Å². The van der Waals surface area contributed by atoms with Crippen molar-refractivity contribution in [1.29, 1.82) is 0 Å². The molecule has 0 spiro atoms. The lowest BCUT2D eigenvalue weighted by Gasteiger charge is -2.23. The highest BCUT2D eigenvalue weighted by Crippen LogP contribution is 2.34. The number of hydrogen-bond acceptors (Lipinski definition) is 3. The largest absolute Gasteiger partial charge is 0.373 e. The van der Waals surface area contributed by atoms with Gasteiger partial charge in [-0.3, -0.25) is 4.99 Å². The summed E-state index contributed by atoms with van der Waals surface area (Å²) in [6.07, 6.45) is 8.42. The summed E-state index contributed by atoms with van der Waals surface area (Å²) in [5.74, 6) is 0.938. The zero-order chi connectivity index (χ0) is 13.8. The Balaban J connectivity index is 0.00000161. The molecule has 3 saturated heterocycles. The van der Waals surface area contributed by atoms with E-state index in [1.54, 1.807) is 0 Å². The molecule has 0 aromatic carbocycles. The van der Waals surface area contributed by atoms with Crippen LogP contribution >= 0.6 is 24.0 Å². The maximum absolute atomic E-state index is 5.87. The fraction of sp³-hybridized carbons (Fsp3) is 0.933. The van der Waals surface area contributed by atoms with E-state index in [9.17, 15) is 0 Å². The van der Waals surface area contributed by atoms with Crippen molar-refractivity contribution in [2.45, 2.75) is 56.8 Å².